The molecule has 2 fully saturated rings. The number of unbranched alkanes of at least 4 members (excludes halogenated alkanes) is 2. The molecular formula is C24H38N2O5. The molecule has 2 amide bonds. The quantitative estimate of drug-likeness (QED) is 0.274. The smallest absolute Gasteiger partial charge is 0.305 e. The highest BCUT2D eigenvalue weighted by Crippen LogP contribution is 2.26. The second-order valence-corrected chi connectivity index (χ2v) is 8.54. The first-order valence-electron chi connectivity index (χ1n) is 11.6. The number of likely N-dealkylation sites (tertiary alicyclic amines) is 2. The predicted octanol–water partition coefficient (Wildman–Crippen LogP) is 2.83. The van der Waals surface area contributed by atoms with Gasteiger partial charge >= 0.3 is 5.97 Å². The number of hydrogen-bond acceptors (Lipinski definition) is 5. The molecule has 2 saturated heterocycles. The van der Waals surface area contributed by atoms with Crippen LogP contribution in [0.15, 0.2) is 25.3 Å². The van der Waals surface area contributed by atoms with Crippen LogP contribution in [0, 0.1) is 5.92 Å². The highest BCUT2D eigenvalue weighted by molar-refractivity contribution is 5.86. The van der Waals surface area contributed by atoms with Crippen LogP contribution >= 0.6 is 0 Å². The highest BCUT2D eigenvalue weighted by Gasteiger charge is 2.36. The number of hydrogen-bond donors (Lipinski definition) is 1. The number of esters is 1. The van der Waals surface area contributed by atoms with Gasteiger partial charge in [-0.3, -0.25) is 14.4 Å². The molecule has 0 radical (unpaired) electrons. The van der Waals surface area contributed by atoms with E-state index in [9.17, 15) is 19.5 Å². The fraction of sp³-hybridized carbons (Fsp3) is 0.708. The van der Waals surface area contributed by atoms with Gasteiger partial charge in [-0.2, -0.15) is 0 Å². The van der Waals surface area contributed by atoms with Crippen LogP contribution in [0.4, 0.5) is 0 Å². The van der Waals surface area contributed by atoms with E-state index < -0.39 is 5.92 Å². The first-order chi connectivity index (χ1) is 15.0. The number of carbonyl (C=O) groups excluding carboxylic acids is 3. The SMILES string of the molecule is C=CCCCCC(=O)OC[C@@H]1CCCN1C(=O)[C@H](CC=C)CC(=O)N1CCC[C@H]1CO. The van der Waals surface area contributed by atoms with Crippen molar-refractivity contribution in [2.45, 2.75) is 76.3 Å². The Balaban J connectivity index is 1.89. The van der Waals surface area contributed by atoms with Crippen molar-refractivity contribution in [2.24, 2.45) is 5.92 Å². The van der Waals surface area contributed by atoms with Crippen molar-refractivity contribution >= 4 is 17.8 Å². The number of allylic oxidation sites excluding steroid dienone is 2. The molecule has 2 rings (SSSR count). The summed E-state index contributed by atoms with van der Waals surface area (Å²) < 4.78 is 5.44. The molecule has 3 atom stereocenters. The Hall–Kier alpha value is -2.15. The molecule has 0 saturated carbocycles. The monoisotopic (exact) mass is 434 g/mol. The number of aliphatic hydroxyl groups excluding tert-OH is 1. The van der Waals surface area contributed by atoms with Gasteiger partial charge < -0.3 is 19.6 Å². The van der Waals surface area contributed by atoms with Gasteiger partial charge in [-0.15, -0.1) is 13.2 Å². The van der Waals surface area contributed by atoms with Crippen molar-refractivity contribution in [3.8, 4) is 0 Å². The van der Waals surface area contributed by atoms with Crippen LogP contribution in [0.2, 0.25) is 0 Å². The van der Waals surface area contributed by atoms with Crippen molar-refractivity contribution < 1.29 is 24.2 Å². The molecule has 0 aromatic rings. The van der Waals surface area contributed by atoms with Gasteiger partial charge in [0.15, 0.2) is 0 Å². The first kappa shape index (κ1) is 25.1. The van der Waals surface area contributed by atoms with Gasteiger partial charge in [-0.25, -0.2) is 0 Å². The number of ether oxygens (including phenoxy) is 1. The van der Waals surface area contributed by atoms with Gasteiger partial charge in [0.25, 0.3) is 0 Å². The Bertz CT molecular complexity index is 635. The molecule has 31 heavy (non-hydrogen) atoms. The van der Waals surface area contributed by atoms with Crippen molar-refractivity contribution in [3.05, 3.63) is 25.3 Å². The number of rotatable bonds is 13. The van der Waals surface area contributed by atoms with Gasteiger partial charge in [0.2, 0.25) is 11.8 Å². The second kappa shape index (κ2) is 13.3. The summed E-state index contributed by atoms with van der Waals surface area (Å²) >= 11 is 0. The Morgan fingerprint density at radius 3 is 2.42 bits per heavy atom. The van der Waals surface area contributed by atoms with Gasteiger partial charge in [0.1, 0.15) is 6.61 Å². The fourth-order valence-electron chi connectivity index (χ4n) is 4.51. The third-order valence-electron chi connectivity index (χ3n) is 6.27. The molecule has 7 heteroatoms. The third kappa shape index (κ3) is 7.49. The average molecular weight is 435 g/mol. The summed E-state index contributed by atoms with van der Waals surface area (Å²) in [4.78, 5) is 41.5. The zero-order valence-electron chi connectivity index (χ0n) is 18.7. The highest BCUT2D eigenvalue weighted by atomic mass is 16.5. The average Bonchev–Trinajstić information content (AvgIpc) is 3.43. The van der Waals surface area contributed by atoms with E-state index in [0.717, 1.165) is 44.9 Å². The lowest BCUT2D eigenvalue weighted by Gasteiger charge is -2.30. The number of aliphatic hydroxyl groups is 1. The Labute approximate surface area is 186 Å². The predicted molar refractivity (Wildman–Crippen MR) is 119 cm³/mol. The lowest BCUT2D eigenvalue weighted by molar-refractivity contribution is -0.149. The van der Waals surface area contributed by atoms with E-state index in [1.165, 1.54) is 0 Å². The van der Waals surface area contributed by atoms with Crippen LogP contribution in [0.25, 0.3) is 0 Å². The number of nitrogens with zero attached hydrogens (tertiary/aromatic N) is 2. The maximum absolute atomic E-state index is 13.2. The van der Waals surface area contributed by atoms with Gasteiger partial charge in [-0.05, 0) is 51.4 Å². The normalized spacial score (nSPS) is 21.7. The van der Waals surface area contributed by atoms with Crippen molar-refractivity contribution in [1.82, 2.24) is 9.80 Å². The zero-order chi connectivity index (χ0) is 22.6. The molecule has 0 bridgehead atoms. The third-order valence-corrected chi connectivity index (χ3v) is 6.27. The molecule has 2 heterocycles. The van der Waals surface area contributed by atoms with E-state index in [1.54, 1.807) is 15.9 Å². The van der Waals surface area contributed by atoms with E-state index in [-0.39, 0.29) is 49.5 Å². The minimum Gasteiger partial charge on any atom is -0.463 e. The first-order valence-corrected chi connectivity index (χ1v) is 11.6. The maximum atomic E-state index is 13.2. The molecule has 0 aliphatic carbocycles. The minimum absolute atomic E-state index is 0.0427. The van der Waals surface area contributed by atoms with E-state index in [4.69, 9.17) is 4.74 Å². The van der Waals surface area contributed by atoms with Crippen LogP contribution in [-0.4, -0.2) is 71.1 Å². The number of carbonyl (C=O) groups is 3. The Morgan fingerprint density at radius 1 is 1.03 bits per heavy atom. The molecule has 2 aliphatic heterocycles. The molecule has 174 valence electrons. The van der Waals surface area contributed by atoms with Crippen LogP contribution < -0.4 is 0 Å². The van der Waals surface area contributed by atoms with E-state index in [0.29, 0.717) is 25.9 Å². The molecule has 1 N–H and O–H groups in total. The molecule has 2 aliphatic rings. The standard InChI is InChI=1S/C24H38N2O5/c1-3-5-6-7-13-23(29)31-18-21-12-9-15-26(21)24(30)19(10-4-2)16-22(28)25-14-8-11-20(25)17-27/h3-4,19-21,27H,1-2,5-18H2/t19-,20+,21+/m1/s1. The maximum Gasteiger partial charge on any atom is 0.305 e. The van der Waals surface area contributed by atoms with E-state index in [1.807, 2.05) is 6.08 Å². The van der Waals surface area contributed by atoms with Gasteiger partial charge in [0, 0.05) is 25.9 Å². The largest absolute Gasteiger partial charge is 0.463 e. The van der Waals surface area contributed by atoms with Crippen LogP contribution in [0.1, 0.15) is 64.2 Å². The zero-order valence-corrected chi connectivity index (χ0v) is 18.7. The summed E-state index contributed by atoms with van der Waals surface area (Å²) in [5.74, 6) is -0.860. The van der Waals surface area contributed by atoms with Crippen molar-refractivity contribution in [1.29, 1.82) is 0 Å². The molecule has 0 unspecified atom stereocenters. The number of amides is 2. The Kier molecular flexibility index (Phi) is 10.8. The summed E-state index contributed by atoms with van der Waals surface area (Å²) in [6.45, 7) is 8.84. The summed E-state index contributed by atoms with van der Waals surface area (Å²) in [7, 11) is 0. The van der Waals surface area contributed by atoms with Crippen molar-refractivity contribution in [3.63, 3.8) is 0 Å². The summed E-state index contributed by atoms with van der Waals surface area (Å²) in [5.41, 5.74) is 0. The summed E-state index contributed by atoms with van der Waals surface area (Å²) in [5, 5.41) is 9.49. The van der Waals surface area contributed by atoms with E-state index in [2.05, 4.69) is 13.2 Å². The molecule has 0 aromatic carbocycles. The minimum atomic E-state index is -0.472. The fourth-order valence-corrected chi connectivity index (χ4v) is 4.51. The summed E-state index contributed by atoms with van der Waals surface area (Å²) in [6.07, 6.45) is 10.3. The summed E-state index contributed by atoms with van der Waals surface area (Å²) in [6, 6.07) is -0.276. The van der Waals surface area contributed by atoms with E-state index >= 15 is 0 Å². The van der Waals surface area contributed by atoms with Crippen LogP contribution in [0.3, 0.4) is 0 Å². The van der Waals surface area contributed by atoms with Crippen LogP contribution in [0.5, 0.6) is 0 Å². The molecule has 7 nitrogen and oxygen atoms in total. The second-order valence-electron chi connectivity index (χ2n) is 8.54. The van der Waals surface area contributed by atoms with Crippen molar-refractivity contribution in [2.75, 3.05) is 26.3 Å². The lowest BCUT2D eigenvalue weighted by atomic mass is 9.98. The Morgan fingerprint density at radius 2 is 1.74 bits per heavy atom. The molecule has 0 aromatic heterocycles. The van der Waals surface area contributed by atoms with Crippen LogP contribution in [-0.2, 0) is 19.1 Å². The topological polar surface area (TPSA) is 87.2 Å². The van der Waals surface area contributed by atoms with Gasteiger partial charge in [-0.1, -0.05) is 12.2 Å². The molecule has 0 spiro atoms. The lowest BCUT2D eigenvalue weighted by Crippen LogP contribution is -2.44. The molecular weight excluding hydrogens is 396 g/mol. The van der Waals surface area contributed by atoms with Gasteiger partial charge in [0.05, 0.1) is 24.6 Å².